The van der Waals surface area contributed by atoms with Crippen LogP contribution in [0.25, 0.3) is 0 Å². The van der Waals surface area contributed by atoms with Crippen LogP contribution in [0.15, 0.2) is 0 Å². The van der Waals surface area contributed by atoms with Crippen LogP contribution in [0.3, 0.4) is 0 Å². The molecule has 0 aromatic rings. The monoisotopic (exact) mass is 310 g/mol. The van der Waals surface area contributed by atoms with E-state index in [1.54, 1.807) is 0 Å². The summed E-state index contributed by atoms with van der Waals surface area (Å²) >= 11 is 3.35. The van der Waals surface area contributed by atoms with Gasteiger partial charge in [0.25, 0.3) is 10.1 Å². The summed E-state index contributed by atoms with van der Waals surface area (Å²) in [6.45, 7) is 3.85. The zero-order valence-corrected chi connectivity index (χ0v) is 11.6. The van der Waals surface area contributed by atoms with Crippen molar-refractivity contribution in [2.75, 3.05) is 5.75 Å². The molecule has 2 aliphatic carbocycles. The third kappa shape index (κ3) is 1.42. The van der Waals surface area contributed by atoms with Gasteiger partial charge in [-0.15, -0.1) is 0 Å². The maximum Gasteiger partial charge on any atom is 0.265 e. The first kappa shape index (κ1) is 12.5. The molecule has 3 atom stereocenters. The summed E-state index contributed by atoms with van der Waals surface area (Å²) in [4.78, 5) is 11.9. The van der Waals surface area contributed by atoms with E-state index in [0.717, 1.165) is 6.42 Å². The average molecular weight is 311 g/mol. The lowest BCUT2D eigenvalue weighted by atomic mass is 9.70. The highest BCUT2D eigenvalue weighted by molar-refractivity contribution is 9.10. The van der Waals surface area contributed by atoms with Crippen molar-refractivity contribution >= 4 is 31.8 Å². The maximum atomic E-state index is 12.2. The molecule has 92 valence electrons. The van der Waals surface area contributed by atoms with E-state index in [1.807, 2.05) is 13.8 Å². The second-order valence-electron chi connectivity index (χ2n) is 5.44. The standard InChI is InChI=1S/C10H15BrO4S/c1-9(2)6-3-4-10(9,5-16(13,14)15)8(12)7(6)11/h6-7H,3-5H2,1-2H3,(H,13,14,15). The molecule has 0 radical (unpaired) electrons. The molecule has 0 amide bonds. The third-order valence-electron chi connectivity index (χ3n) is 4.55. The Hall–Kier alpha value is 0.0600. The van der Waals surface area contributed by atoms with Crippen molar-refractivity contribution in [2.24, 2.45) is 16.7 Å². The topological polar surface area (TPSA) is 71.4 Å². The van der Waals surface area contributed by atoms with E-state index < -0.39 is 21.3 Å². The molecule has 0 aromatic carbocycles. The lowest BCUT2D eigenvalue weighted by molar-refractivity contribution is -0.127. The van der Waals surface area contributed by atoms with E-state index in [4.69, 9.17) is 4.55 Å². The van der Waals surface area contributed by atoms with E-state index in [-0.39, 0.29) is 21.9 Å². The Morgan fingerprint density at radius 2 is 2.06 bits per heavy atom. The van der Waals surface area contributed by atoms with Gasteiger partial charge in [0.15, 0.2) is 5.78 Å². The van der Waals surface area contributed by atoms with Gasteiger partial charge in [0.1, 0.15) is 0 Å². The van der Waals surface area contributed by atoms with Crippen molar-refractivity contribution in [3.05, 3.63) is 0 Å². The van der Waals surface area contributed by atoms with Gasteiger partial charge in [0, 0.05) is 0 Å². The molecule has 2 bridgehead atoms. The van der Waals surface area contributed by atoms with E-state index >= 15 is 0 Å². The number of hydrogen-bond donors (Lipinski definition) is 1. The van der Waals surface area contributed by atoms with Gasteiger partial charge in [-0.05, 0) is 24.2 Å². The van der Waals surface area contributed by atoms with E-state index in [2.05, 4.69) is 15.9 Å². The lowest BCUT2D eigenvalue weighted by Crippen LogP contribution is -2.43. The van der Waals surface area contributed by atoms with Crippen LogP contribution in [0.4, 0.5) is 0 Å². The zero-order chi connectivity index (χ0) is 12.4. The van der Waals surface area contributed by atoms with E-state index in [1.165, 1.54) is 0 Å². The molecule has 2 rings (SSSR count). The summed E-state index contributed by atoms with van der Waals surface area (Å²) in [5.74, 6) is -0.335. The Balaban J connectivity index is 2.50. The van der Waals surface area contributed by atoms with Crippen LogP contribution in [0, 0.1) is 16.7 Å². The number of halogens is 1. The number of rotatable bonds is 2. The fraction of sp³-hybridized carbons (Fsp3) is 0.900. The molecule has 2 saturated carbocycles. The van der Waals surface area contributed by atoms with Crippen LogP contribution in [0.1, 0.15) is 26.7 Å². The minimum Gasteiger partial charge on any atom is -0.298 e. The summed E-state index contributed by atoms with van der Waals surface area (Å²) < 4.78 is 31.2. The highest BCUT2D eigenvalue weighted by Gasteiger charge is 2.69. The quantitative estimate of drug-likeness (QED) is 0.622. The van der Waals surface area contributed by atoms with Gasteiger partial charge in [-0.2, -0.15) is 8.42 Å². The van der Waals surface area contributed by atoms with Crippen LogP contribution >= 0.6 is 15.9 Å². The normalized spacial score (nSPS) is 41.6. The minimum absolute atomic E-state index is 0.0635. The van der Waals surface area contributed by atoms with Crippen molar-refractivity contribution in [1.29, 1.82) is 0 Å². The van der Waals surface area contributed by atoms with E-state index in [0.29, 0.717) is 6.42 Å². The number of hydrogen-bond acceptors (Lipinski definition) is 3. The minimum atomic E-state index is -4.12. The first-order chi connectivity index (χ1) is 7.12. The highest BCUT2D eigenvalue weighted by atomic mass is 79.9. The van der Waals surface area contributed by atoms with Gasteiger partial charge in [-0.25, -0.2) is 0 Å². The number of fused-ring (bicyclic) bond motifs is 2. The molecular formula is C10H15BrO4S. The molecule has 0 heterocycles. The van der Waals surface area contributed by atoms with Crippen LogP contribution in [0.5, 0.6) is 0 Å². The van der Waals surface area contributed by atoms with Crippen molar-refractivity contribution in [1.82, 2.24) is 0 Å². The number of alkyl halides is 1. The van der Waals surface area contributed by atoms with Crippen molar-refractivity contribution in [3.63, 3.8) is 0 Å². The summed E-state index contributed by atoms with van der Waals surface area (Å²) in [5, 5.41) is 0. The van der Waals surface area contributed by atoms with Crippen molar-refractivity contribution in [2.45, 2.75) is 31.5 Å². The molecule has 6 heteroatoms. The molecule has 0 aliphatic heterocycles. The first-order valence-corrected chi connectivity index (χ1v) is 7.78. The second kappa shape index (κ2) is 3.29. The van der Waals surface area contributed by atoms with Crippen LogP contribution < -0.4 is 0 Å². The zero-order valence-electron chi connectivity index (χ0n) is 9.23. The number of carbonyl (C=O) groups is 1. The number of Topliss-reactive ketones (excluding diaryl/α,β-unsaturated/α-hetero) is 1. The number of ketones is 1. The van der Waals surface area contributed by atoms with Crippen molar-refractivity contribution < 1.29 is 17.8 Å². The fourth-order valence-corrected chi connectivity index (χ4v) is 6.12. The summed E-state index contributed by atoms with van der Waals surface area (Å²) in [6.07, 6.45) is 1.40. The molecular weight excluding hydrogens is 296 g/mol. The van der Waals surface area contributed by atoms with Crippen molar-refractivity contribution in [3.8, 4) is 0 Å². The van der Waals surface area contributed by atoms with Crippen LogP contribution in [-0.4, -0.2) is 29.3 Å². The van der Waals surface area contributed by atoms with Gasteiger partial charge in [-0.3, -0.25) is 9.35 Å². The molecule has 1 N–H and O–H groups in total. The third-order valence-corrected chi connectivity index (χ3v) is 6.46. The molecule has 3 unspecified atom stereocenters. The molecule has 2 fully saturated rings. The molecule has 0 spiro atoms. The fourth-order valence-electron chi connectivity index (χ4n) is 3.48. The summed E-state index contributed by atoms with van der Waals surface area (Å²) in [5.41, 5.74) is -1.27. The second-order valence-corrected chi connectivity index (χ2v) is 7.88. The highest BCUT2D eigenvalue weighted by Crippen LogP contribution is 2.65. The smallest absolute Gasteiger partial charge is 0.265 e. The Bertz CT molecular complexity index is 442. The first-order valence-electron chi connectivity index (χ1n) is 5.25. The molecule has 0 aromatic heterocycles. The average Bonchev–Trinajstić information content (AvgIpc) is 2.39. The molecule has 2 aliphatic rings. The summed E-state index contributed by atoms with van der Waals surface area (Å²) in [7, 11) is -4.12. The molecule has 4 nitrogen and oxygen atoms in total. The lowest BCUT2D eigenvalue weighted by Gasteiger charge is -2.35. The summed E-state index contributed by atoms with van der Waals surface area (Å²) in [6, 6.07) is 0. The SMILES string of the molecule is CC1(C)C2CCC1(CS(=O)(=O)O)C(=O)C2Br. The van der Waals surface area contributed by atoms with Gasteiger partial charge < -0.3 is 0 Å². The van der Waals surface area contributed by atoms with Gasteiger partial charge in [-0.1, -0.05) is 29.8 Å². The maximum absolute atomic E-state index is 12.2. The Morgan fingerprint density at radius 1 is 1.50 bits per heavy atom. The van der Waals surface area contributed by atoms with Gasteiger partial charge in [0.05, 0.1) is 16.0 Å². The van der Waals surface area contributed by atoms with E-state index in [9.17, 15) is 13.2 Å². The van der Waals surface area contributed by atoms with Gasteiger partial charge in [0.2, 0.25) is 0 Å². The number of carbonyl (C=O) groups excluding carboxylic acids is 1. The predicted octanol–water partition coefficient (Wildman–Crippen LogP) is 1.64. The molecule has 16 heavy (non-hydrogen) atoms. The van der Waals surface area contributed by atoms with Crippen LogP contribution in [-0.2, 0) is 14.9 Å². The molecule has 0 saturated heterocycles. The Labute approximate surface area is 104 Å². The predicted molar refractivity (Wildman–Crippen MR) is 63.1 cm³/mol. The van der Waals surface area contributed by atoms with Crippen LogP contribution in [0.2, 0.25) is 0 Å². The Morgan fingerprint density at radius 3 is 2.44 bits per heavy atom. The van der Waals surface area contributed by atoms with Gasteiger partial charge >= 0.3 is 0 Å². The largest absolute Gasteiger partial charge is 0.298 e. The Kier molecular flexibility index (Phi) is 2.58.